The van der Waals surface area contributed by atoms with E-state index in [1.807, 2.05) is 0 Å². The lowest BCUT2D eigenvalue weighted by molar-refractivity contribution is 0.805. The van der Waals surface area contributed by atoms with E-state index in [0.29, 0.717) is 0 Å². The van der Waals surface area contributed by atoms with E-state index in [9.17, 15) is 0 Å². The first-order chi connectivity index (χ1) is 28.8. The fourth-order valence-electron chi connectivity index (χ4n) is 7.55. The number of aryl methyl sites for hydroxylation is 3. The predicted molar refractivity (Wildman–Crippen MR) is 256 cm³/mol. The number of hydrogen-bond donors (Lipinski definition) is 0. The van der Waals surface area contributed by atoms with Gasteiger partial charge in [-0.1, -0.05) is 158 Å². The molecular formula is C55H44N2S2. The van der Waals surface area contributed by atoms with Crippen molar-refractivity contribution in [1.82, 2.24) is 9.97 Å². The maximum atomic E-state index is 4.82. The Kier molecular flexibility index (Phi) is 10.8. The average Bonchev–Trinajstić information content (AvgIpc) is 3.88. The molecule has 0 aliphatic rings. The molecule has 0 amide bonds. The molecule has 2 nitrogen and oxygen atoms in total. The van der Waals surface area contributed by atoms with Crippen molar-refractivity contribution in [1.29, 1.82) is 0 Å². The van der Waals surface area contributed by atoms with E-state index in [1.165, 1.54) is 59.5 Å². The van der Waals surface area contributed by atoms with Gasteiger partial charge in [0, 0.05) is 5.92 Å². The number of rotatable bonds is 11. The Bertz CT molecular complexity index is 2960. The van der Waals surface area contributed by atoms with Gasteiger partial charge in [0.25, 0.3) is 0 Å². The minimum absolute atomic E-state index is 0.241. The third kappa shape index (κ3) is 8.85. The van der Waals surface area contributed by atoms with E-state index in [0.717, 1.165) is 49.7 Å². The van der Waals surface area contributed by atoms with Crippen LogP contribution in [0.3, 0.4) is 0 Å². The van der Waals surface area contributed by atoms with Gasteiger partial charge in [-0.2, -0.15) is 0 Å². The maximum absolute atomic E-state index is 4.82. The van der Waals surface area contributed by atoms with Gasteiger partial charge in [-0.25, -0.2) is 9.97 Å². The molecule has 286 valence electrons. The van der Waals surface area contributed by atoms with Crippen LogP contribution in [0.2, 0.25) is 0 Å². The molecule has 2 heterocycles. The van der Waals surface area contributed by atoms with Gasteiger partial charge in [0.1, 0.15) is 10.0 Å². The first-order valence-corrected chi connectivity index (χ1v) is 21.7. The molecule has 1 unspecified atom stereocenters. The van der Waals surface area contributed by atoms with Crippen LogP contribution >= 0.6 is 22.7 Å². The monoisotopic (exact) mass is 796 g/mol. The summed E-state index contributed by atoms with van der Waals surface area (Å²) in [6.45, 7) is 10.8. The highest BCUT2D eigenvalue weighted by Crippen LogP contribution is 2.32. The molecule has 0 radical (unpaired) electrons. The van der Waals surface area contributed by atoms with Crippen molar-refractivity contribution in [3.8, 4) is 11.1 Å². The molecule has 9 rings (SSSR count). The number of benzene rings is 7. The summed E-state index contributed by atoms with van der Waals surface area (Å²) in [6, 6.07) is 57.4. The molecule has 0 aliphatic carbocycles. The van der Waals surface area contributed by atoms with E-state index in [1.54, 1.807) is 22.7 Å². The molecule has 2 aromatic heterocycles. The normalized spacial score (nSPS) is 12.3. The first kappa shape index (κ1) is 38.1. The third-order valence-corrected chi connectivity index (χ3v) is 13.0. The molecule has 0 saturated carbocycles. The molecule has 0 saturated heterocycles. The lowest BCUT2D eigenvalue weighted by Gasteiger charge is -2.19. The number of nitrogens with zero attached hydrogens (tertiary/aromatic N) is 2. The van der Waals surface area contributed by atoms with Crippen LogP contribution in [0.15, 0.2) is 164 Å². The zero-order chi connectivity index (χ0) is 40.3. The fraction of sp³-hybridized carbons (Fsp3) is 0.0909. The van der Waals surface area contributed by atoms with Crippen molar-refractivity contribution in [2.24, 2.45) is 0 Å². The third-order valence-electron chi connectivity index (χ3n) is 11.0. The van der Waals surface area contributed by atoms with Crippen molar-refractivity contribution >= 4 is 73.0 Å². The highest BCUT2D eigenvalue weighted by molar-refractivity contribution is 7.19. The molecule has 0 bridgehead atoms. The lowest BCUT2D eigenvalue weighted by Crippen LogP contribution is -2.05. The highest BCUT2D eigenvalue weighted by Gasteiger charge is 2.16. The first-order valence-electron chi connectivity index (χ1n) is 20.1. The molecule has 1 atom stereocenters. The smallest absolute Gasteiger partial charge is 0.117 e. The van der Waals surface area contributed by atoms with Gasteiger partial charge in [0.2, 0.25) is 0 Å². The zero-order valence-corrected chi connectivity index (χ0v) is 35.2. The van der Waals surface area contributed by atoms with Crippen LogP contribution in [0.25, 0.3) is 61.4 Å². The summed E-state index contributed by atoms with van der Waals surface area (Å²) in [5.41, 5.74) is 17.8. The number of hydrogen-bond acceptors (Lipinski definition) is 4. The van der Waals surface area contributed by atoms with E-state index < -0.39 is 0 Å². The minimum Gasteiger partial charge on any atom is -0.237 e. The summed E-state index contributed by atoms with van der Waals surface area (Å²) in [4.78, 5) is 9.60. The lowest BCUT2D eigenvalue weighted by atomic mass is 9.85. The van der Waals surface area contributed by atoms with Crippen LogP contribution in [0, 0.1) is 20.8 Å². The summed E-state index contributed by atoms with van der Waals surface area (Å²) >= 11 is 3.45. The Hall–Kier alpha value is -6.46. The minimum atomic E-state index is 0.241. The molecule has 4 heteroatoms. The Morgan fingerprint density at radius 2 is 0.915 bits per heavy atom. The summed E-state index contributed by atoms with van der Waals surface area (Å²) in [5.74, 6) is 0.241. The van der Waals surface area contributed by atoms with Crippen LogP contribution < -0.4 is 0 Å². The standard InChI is InChI=1S/C55H44N2S2/c1-36-5-17-47(18-6-36)49(48-23-11-41(12-24-48)16-32-55-57-51-34-38(3)8-30-53(51)59-55)35-42-13-21-45(22-14-42)46-27-25-44(26-28-46)39(4)43-19-9-40(10-20-43)15-31-54-56-50-33-37(2)7-29-52(50)58-54/h5-34,49H,4,35H2,1-3H3/b31-15+,32-16+. The summed E-state index contributed by atoms with van der Waals surface area (Å²) in [6.07, 6.45) is 9.44. The van der Waals surface area contributed by atoms with Crippen LogP contribution in [-0.4, -0.2) is 9.97 Å². The average molecular weight is 797 g/mol. The summed E-state index contributed by atoms with van der Waals surface area (Å²) < 4.78 is 2.44. The second-order valence-electron chi connectivity index (χ2n) is 15.4. The summed E-state index contributed by atoms with van der Waals surface area (Å²) in [5, 5.41) is 2.04. The molecule has 0 spiro atoms. The Morgan fingerprint density at radius 3 is 1.42 bits per heavy atom. The van der Waals surface area contributed by atoms with E-state index >= 15 is 0 Å². The molecule has 0 N–H and O–H groups in total. The van der Waals surface area contributed by atoms with Crippen molar-refractivity contribution in [3.63, 3.8) is 0 Å². The summed E-state index contributed by atoms with van der Waals surface area (Å²) in [7, 11) is 0. The Balaban J connectivity index is 0.859. The van der Waals surface area contributed by atoms with Crippen LogP contribution in [0.5, 0.6) is 0 Å². The largest absolute Gasteiger partial charge is 0.237 e. The molecule has 59 heavy (non-hydrogen) atoms. The van der Waals surface area contributed by atoms with Crippen LogP contribution in [-0.2, 0) is 6.42 Å². The number of thiazole rings is 2. The predicted octanol–water partition coefficient (Wildman–Crippen LogP) is 15.3. The maximum Gasteiger partial charge on any atom is 0.117 e. The van der Waals surface area contributed by atoms with E-state index in [-0.39, 0.29) is 5.92 Å². The van der Waals surface area contributed by atoms with Crippen LogP contribution in [0.4, 0.5) is 0 Å². The van der Waals surface area contributed by atoms with Crippen molar-refractivity contribution in [2.75, 3.05) is 0 Å². The second-order valence-corrected chi connectivity index (χ2v) is 17.5. The van der Waals surface area contributed by atoms with Gasteiger partial charge >= 0.3 is 0 Å². The Morgan fingerprint density at radius 1 is 0.492 bits per heavy atom. The zero-order valence-electron chi connectivity index (χ0n) is 33.5. The van der Waals surface area contributed by atoms with Gasteiger partial charge in [-0.3, -0.25) is 0 Å². The molecule has 0 aliphatic heterocycles. The second kappa shape index (κ2) is 16.8. The van der Waals surface area contributed by atoms with Crippen molar-refractivity contribution < 1.29 is 0 Å². The Labute approximate surface area is 355 Å². The highest BCUT2D eigenvalue weighted by atomic mass is 32.1. The van der Waals surface area contributed by atoms with E-state index in [2.05, 4.69) is 209 Å². The van der Waals surface area contributed by atoms with Gasteiger partial charge < -0.3 is 0 Å². The molecule has 0 fully saturated rings. The van der Waals surface area contributed by atoms with Gasteiger partial charge in [-0.15, -0.1) is 22.7 Å². The molecule has 9 aromatic rings. The molecular weight excluding hydrogens is 753 g/mol. The number of fused-ring (bicyclic) bond motifs is 2. The van der Waals surface area contributed by atoms with Crippen LogP contribution in [0.1, 0.15) is 71.6 Å². The van der Waals surface area contributed by atoms with E-state index in [4.69, 9.17) is 9.97 Å². The van der Waals surface area contributed by atoms with Gasteiger partial charge in [0.15, 0.2) is 0 Å². The topological polar surface area (TPSA) is 25.8 Å². The van der Waals surface area contributed by atoms with Gasteiger partial charge in [-0.05, 0) is 130 Å². The SMILES string of the molecule is C=C(c1ccc(/C=C/c2nc3cc(C)ccc3s2)cc1)c1ccc(-c2ccc(CC(c3ccc(C)cc3)c3ccc(/C=C/c4nc5cc(C)ccc5s4)cc3)cc2)cc1. The number of aromatic nitrogens is 2. The van der Waals surface area contributed by atoms with Gasteiger partial charge in [0.05, 0.1) is 20.4 Å². The fourth-order valence-corrected chi connectivity index (χ4v) is 9.25. The quantitative estimate of drug-likeness (QED) is 0.130. The molecule has 7 aromatic carbocycles. The van der Waals surface area contributed by atoms with Crippen molar-refractivity contribution in [3.05, 3.63) is 230 Å². The van der Waals surface area contributed by atoms with Crippen molar-refractivity contribution in [2.45, 2.75) is 33.1 Å².